The molecule has 2 aliphatic rings. The summed E-state index contributed by atoms with van der Waals surface area (Å²) in [5.74, 6) is 0.206. The summed E-state index contributed by atoms with van der Waals surface area (Å²) in [5, 5.41) is 10.6. The van der Waals surface area contributed by atoms with E-state index < -0.39 is 11.7 Å². The fraction of sp³-hybridized carbons (Fsp3) is 0.550. The molecule has 0 spiro atoms. The van der Waals surface area contributed by atoms with E-state index in [0.717, 1.165) is 24.2 Å². The molecule has 1 aromatic heterocycles. The highest BCUT2D eigenvalue weighted by atomic mass is 35.5. The minimum Gasteiger partial charge on any atom is -0.373 e. The molecule has 0 radical (unpaired) electrons. The second-order valence-corrected chi connectivity index (χ2v) is 8.32. The quantitative estimate of drug-likeness (QED) is 0.751. The molecule has 31 heavy (non-hydrogen) atoms. The largest absolute Gasteiger partial charge is 0.416 e. The number of alkyl halides is 3. The van der Waals surface area contributed by atoms with E-state index in [-0.39, 0.29) is 29.7 Å². The number of carbonyl (C=O) groups is 1. The number of benzene rings is 1. The molecule has 4 rings (SSSR count). The van der Waals surface area contributed by atoms with Crippen LogP contribution in [0.15, 0.2) is 24.4 Å². The van der Waals surface area contributed by atoms with Crippen LogP contribution in [0.4, 0.5) is 18.0 Å². The molecule has 0 saturated carbocycles. The molecule has 2 saturated heterocycles. The third-order valence-corrected chi connectivity index (χ3v) is 6.23. The van der Waals surface area contributed by atoms with E-state index in [9.17, 15) is 18.0 Å². The summed E-state index contributed by atoms with van der Waals surface area (Å²) >= 11 is 5.99. The second kappa shape index (κ2) is 9.04. The second-order valence-electron chi connectivity index (χ2n) is 7.91. The number of nitrogens with zero attached hydrogens (tertiary/aromatic N) is 4. The summed E-state index contributed by atoms with van der Waals surface area (Å²) in [4.78, 5) is 16.5. The van der Waals surface area contributed by atoms with Crippen LogP contribution in [0.3, 0.4) is 0 Å². The van der Waals surface area contributed by atoms with Crippen LogP contribution < -0.4 is 0 Å². The molecule has 1 atom stereocenters. The maximum Gasteiger partial charge on any atom is 0.416 e. The van der Waals surface area contributed by atoms with E-state index in [1.54, 1.807) is 6.20 Å². The Morgan fingerprint density at radius 1 is 1.19 bits per heavy atom. The van der Waals surface area contributed by atoms with Crippen LogP contribution in [0, 0.1) is 0 Å². The number of halogens is 4. The molecule has 3 heterocycles. The van der Waals surface area contributed by atoms with E-state index in [1.165, 1.54) is 6.07 Å². The van der Waals surface area contributed by atoms with Gasteiger partial charge in [-0.15, -0.1) is 0 Å². The number of nitrogens with one attached hydrogen (secondary N) is 1. The lowest BCUT2D eigenvalue weighted by molar-refractivity contribution is -0.137. The van der Waals surface area contributed by atoms with Crippen molar-refractivity contribution in [2.75, 3.05) is 26.2 Å². The summed E-state index contributed by atoms with van der Waals surface area (Å²) in [6.07, 6.45) is -0.582. The number of aromatic nitrogens is 3. The molecule has 0 bridgehead atoms. The number of hydrogen-bond acceptors (Lipinski definition) is 4. The Morgan fingerprint density at radius 3 is 2.58 bits per heavy atom. The van der Waals surface area contributed by atoms with Crippen molar-refractivity contribution < 1.29 is 22.7 Å². The van der Waals surface area contributed by atoms with Crippen LogP contribution in [-0.2, 0) is 17.5 Å². The van der Waals surface area contributed by atoms with Crippen molar-refractivity contribution in [2.45, 2.75) is 44.1 Å². The average Bonchev–Trinajstić information content (AvgIpc) is 3.44. The molecule has 2 amide bonds. The molecule has 11 heteroatoms. The number of urea groups is 1. The van der Waals surface area contributed by atoms with E-state index in [1.807, 2.05) is 9.80 Å². The van der Waals surface area contributed by atoms with E-state index in [2.05, 4.69) is 15.4 Å². The molecule has 7 nitrogen and oxygen atoms in total. The van der Waals surface area contributed by atoms with Gasteiger partial charge in [0, 0.05) is 37.1 Å². The third kappa shape index (κ3) is 5.12. The van der Waals surface area contributed by atoms with Gasteiger partial charge < -0.3 is 14.5 Å². The fourth-order valence-corrected chi connectivity index (χ4v) is 4.28. The van der Waals surface area contributed by atoms with Gasteiger partial charge in [0.25, 0.3) is 0 Å². The SMILES string of the molecule is O=C(N1CCC(OCc2ccc(C(F)(F)F)cc2Cl)CC1)N1CC[C@@H](c2cn[nH]n2)C1. The van der Waals surface area contributed by atoms with E-state index in [4.69, 9.17) is 16.3 Å². The highest BCUT2D eigenvalue weighted by molar-refractivity contribution is 6.31. The Labute approximate surface area is 182 Å². The molecular formula is C20H23ClF3N5O2. The molecule has 0 unspecified atom stereocenters. The molecule has 168 valence electrons. The van der Waals surface area contributed by atoms with Crippen molar-refractivity contribution in [3.8, 4) is 0 Å². The smallest absolute Gasteiger partial charge is 0.373 e. The standard InChI is InChI=1S/C20H23ClF3N5O2/c21-17-9-15(20(22,23)24)2-1-14(17)12-31-16-4-7-28(8-5-16)19(30)29-6-3-13(11-29)18-10-25-27-26-18/h1-2,9-10,13,16H,3-8,11-12H2,(H,25,26,27)/t13-/m1/s1. The zero-order chi connectivity index (χ0) is 22.0. The van der Waals surface area contributed by atoms with Gasteiger partial charge in [-0.3, -0.25) is 0 Å². The number of ether oxygens (including phenoxy) is 1. The van der Waals surface area contributed by atoms with Crippen LogP contribution in [0.25, 0.3) is 0 Å². The summed E-state index contributed by atoms with van der Waals surface area (Å²) in [5.41, 5.74) is 0.620. The van der Waals surface area contributed by atoms with Gasteiger partial charge in [-0.05, 0) is 37.0 Å². The zero-order valence-corrected chi connectivity index (χ0v) is 17.5. The molecule has 1 N–H and O–H groups in total. The van der Waals surface area contributed by atoms with Crippen molar-refractivity contribution in [1.82, 2.24) is 25.2 Å². The molecule has 2 fully saturated rings. The number of H-pyrrole nitrogens is 1. The first-order valence-corrected chi connectivity index (χ1v) is 10.6. The first-order valence-electron chi connectivity index (χ1n) is 10.2. The normalized spacial score (nSPS) is 20.5. The third-order valence-electron chi connectivity index (χ3n) is 5.88. The zero-order valence-electron chi connectivity index (χ0n) is 16.7. The predicted octanol–water partition coefficient (Wildman–Crippen LogP) is 4.07. The van der Waals surface area contributed by atoms with Crippen LogP contribution in [0.5, 0.6) is 0 Å². The number of hydrogen-bond donors (Lipinski definition) is 1. The van der Waals surface area contributed by atoms with Gasteiger partial charge in [0.15, 0.2) is 0 Å². The maximum absolute atomic E-state index is 12.8. The Morgan fingerprint density at radius 2 is 1.94 bits per heavy atom. The first-order chi connectivity index (χ1) is 14.8. The molecule has 1 aromatic carbocycles. The minimum atomic E-state index is -4.42. The molecule has 2 aliphatic heterocycles. The number of amides is 2. The Kier molecular flexibility index (Phi) is 6.38. The highest BCUT2D eigenvalue weighted by Crippen LogP contribution is 2.32. The number of likely N-dealkylation sites (tertiary alicyclic amines) is 2. The van der Waals surface area contributed by atoms with Crippen molar-refractivity contribution in [1.29, 1.82) is 0 Å². The van der Waals surface area contributed by atoms with E-state index >= 15 is 0 Å². The lowest BCUT2D eigenvalue weighted by Crippen LogP contribution is -2.47. The van der Waals surface area contributed by atoms with Gasteiger partial charge in [0.1, 0.15) is 0 Å². The highest BCUT2D eigenvalue weighted by Gasteiger charge is 2.33. The fourth-order valence-electron chi connectivity index (χ4n) is 4.04. The molecular weight excluding hydrogens is 435 g/mol. The van der Waals surface area contributed by atoms with Crippen molar-refractivity contribution in [2.24, 2.45) is 0 Å². The first kappa shape index (κ1) is 21.9. The Balaban J connectivity index is 1.23. The van der Waals surface area contributed by atoms with Gasteiger partial charge in [0.05, 0.1) is 30.2 Å². The summed E-state index contributed by atoms with van der Waals surface area (Å²) in [6.45, 7) is 2.62. The van der Waals surface area contributed by atoms with Crippen molar-refractivity contribution >= 4 is 17.6 Å². The Hall–Kier alpha value is -2.33. The van der Waals surface area contributed by atoms with Crippen molar-refractivity contribution in [3.63, 3.8) is 0 Å². The maximum atomic E-state index is 12.8. The lowest BCUT2D eigenvalue weighted by Gasteiger charge is -2.34. The van der Waals surface area contributed by atoms with Crippen LogP contribution in [0.2, 0.25) is 5.02 Å². The summed E-state index contributed by atoms with van der Waals surface area (Å²) in [7, 11) is 0. The summed E-state index contributed by atoms with van der Waals surface area (Å²) < 4.78 is 44.1. The molecule has 2 aromatic rings. The van der Waals surface area contributed by atoms with Gasteiger partial charge in [-0.1, -0.05) is 17.7 Å². The monoisotopic (exact) mass is 457 g/mol. The average molecular weight is 458 g/mol. The van der Waals surface area contributed by atoms with Gasteiger partial charge in [-0.2, -0.15) is 28.6 Å². The number of carbonyl (C=O) groups excluding carboxylic acids is 1. The van der Waals surface area contributed by atoms with Crippen molar-refractivity contribution in [3.05, 3.63) is 46.2 Å². The van der Waals surface area contributed by atoms with Crippen LogP contribution >= 0.6 is 11.6 Å². The topological polar surface area (TPSA) is 74.3 Å². The number of rotatable bonds is 4. The van der Waals surface area contributed by atoms with E-state index in [0.29, 0.717) is 44.6 Å². The Bertz CT molecular complexity index is 901. The minimum absolute atomic E-state index is 0.0234. The number of piperidine rings is 1. The van der Waals surface area contributed by atoms with Gasteiger partial charge in [0.2, 0.25) is 0 Å². The van der Waals surface area contributed by atoms with Gasteiger partial charge in [-0.25, -0.2) is 4.79 Å². The molecule has 0 aliphatic carbocycles. The lowest BCUT2D eigenvalue weighted by atomic mass is 10.1. The predicted molar refractivity (Wildman–Crippen MR) is 107 cm³/mol. The number of aromatic amines is 1. The van der Waals surface area contributed by atoms with Crippen LogP contribution in [-0.4, -0.2) is 63.5 Å². The summed E-state index contributed by atoms with van der Waals surface area (Å²) in [6, 6.07) is 3.30. The van der Waals surface area contributed by atoms with Crippen LogP contribution in [0.1, 0.15) is 42.0 Å². The van der Waals surface area contributed by atoms with Gasteiger partial charge >= 0.3 is 12.2 Å².